The molecule has 0 aliphatic carbocycles. The lowest BCUT2D eigenvalue weighted by molar-refractivity contribution is -0.128. The zero-order chi connectivity index (χ0) is 18.2. The molecule has 1 fully saturated rings. The Bertz CT molecular complexity index is 708. The van der Waals surface area contributed by atoms with Crippen molar-refractivity contribution in [3.63, 3.8) is 0 Å². The van der Waals surface area contributed by atoms with Gasteiger partial charge in [-0.15, -0.1) is 0 Å². The molecule has 2 aromatic rings. The Morgan fingerprint density at radius 1 is 1.23 bits per heavy atom. The van der Waals surface area contributed by atoms with Crippen molar-refractivity contribution in [1.82, 2.24) is 14.9 Å². The lowest BCUT2D eigenvalue weighted by atomic mass is 10.2. The zero-order valence-electron chi connectivity index (χ0n) is 15.0. The van der Waals surface area contributed by atoms with Crippen LogP contribution in [0.25, 0.3) is 0 Å². The fourth-order valence-corrected chi connectivity index (χ4v) is 4.45. The number of anilines is 1. The summed E-state index contributed by atoms with van der Waals surface area (Å²) in [6.45, 7) is 5.41. The SMILES string of the molecule is CCN(Cc1ccccc1)C(=O)CSc1cc(N2CCSCC2)ncn1. The van der Waals surface area contributed by atoms with Crippen molar-refractivity contribution in [2.24, 2.45) is 0 Å². The van der Waals surface area contributed by atoms with Crippen LogP contribution in [-0.2, 0) is 11.3 Å². The predicted octanol–water partition coefficient (Wildman–Crippen LogP) is 3.17. The van der Waals surface area contributed by atoms with E-state index in [-0.39, 0.29) is 5.91 Å². The van der Waals surface area contributed by atoms with Gasteiger partial charge in [-0.25, -0.2) is 9.97 Å². The number of benzene rings is 1. The van der Waals surface area contributed by atoms with Gasteiger partial charge < -0.3 is 9.80 Å². The lowest BCUT2D eigenvalue weighted by Gasteiger charge is -2.27. The van der Waals surface area contributed by atoms with Gasteiger partial charge in [0.25, 0.3) is 0 Å². The smallest absolute Gasteiger partial charge is 0.233 e. The molecule has 0 radical (unpaired) electrons. The molecular formula is C19H24N4OS2. The Balaban J connectivity index is 1.56. The number of amides is 1. The summed E-state index contributed by atoms with van der Waals surface area (Å²) in [4.78, 5) is 25.5. The number of aromatic nitrogens is 2. The molecule has 7 heteroatoms. The first-order valence-corrected chi connectivity index (χ1v) is 11.0. The Kier molecular flexibility index (Phi) is 7.20. The molecule has 1 aromatic carbocycles. The van der Waals surface area contributed by atoms with Crippen molar-refractivity contribution >= 4 is 35.2 Å². The molecule has 0 saturated carbocycles. The van der Waals surface area contributed by atoms with Gasteiger partial charge in [0.15, 0.2) is 0 Å². The Morgan fingerprint density at radius 3 is 2.73 bits per heavy atom. The van der Waals surface area contributed by atoms with E-state index in [4.69, 9.17) is 0 Å². The summed E-state index contributed by atoms with van der Waals surface area (Å²) >= 11 is 3.46. The van der Waals surface area contributed by atoms with E-state index in [1.165, 1.54) is 11.8 Å². The van der Waals surface area contributed by atoms with Crippen LogP contribution in [0.15, 0.2) is 47.8 Å². The summed E-state index contributed by atoms with van der Waals surface area (Å²) in [6.07, 6.45) is 1.60. The quantitative estimate of drug-likeness (QED) is 0.536. The van der Waals surface area contributed by atoms with Crippen LogP contribution in [0.2, 0.25) is 0 Å². The van der Waals surface area contributed by atoms with Crippen LogP contribution in [0.5, 0.6) is 0 Å². The second kappa shape index (κ2) is 9.83. The van der Waals surface area contributed by atoms with E-state index in [2.05, 4.69) is 27.0 Å². The molecule has 2 heterocycles. The van der Waals surface area contributed by atoms with Crippen molar-refractivity contribution in [3.05, 3.63) is 48.3 Å². The number of carbonyl (C=O) groups is 1. The third kappa shape index (κ3) is 5.38. The molecule has 0 atom stereocenters. The van der Waals surface area contributed by atoms with Gasteiger partial charge >= 0.3 is 0 Å². The molecule has 0 bridgehead atoms. The van der Waals surface area contributed by atoms with Crippen LogP contribution in [0.4, 0.5) is 5.82 Å². The average Bonchev–Trinajstić information content (AvgIpc) is 2.72. The summed E-state index contributed by atoms with van der Waals surface area (Å²) in [7, 11) is 0. The normalized spacial score (nSPS) is 14.3. The average molecular weight is 389 g/mol. The van der Waals surface area contributed by atoms with Crippen LogP contribution in [-0.4, -0.2) is 57.7 Å². The highest BCUT2D eigenvalue weighted by Gasteiger charge is 2.15. The highest BCUT2D eigenvalue weighted by Crippen LogP contribution is 2.22. The van der Waals surface area contributed by atoms with Gasteiger partial charge in [0.2, 0.25) is 5.91 Å². The molecule has 1 amide bonds. The molecule has 0 unspecified atom stereocenters. The third-order valence-electron chi connectivity index (χ3n) is 4.26. The van der Waals surface area contributed by atoms with Gasteiger partial charge in [0.05, 0.1) is 5.75 Å². The second-order valence-corrected chi connectivity index (χ2v) is 8.22. The first-order chi connectivity index (χ1) is 12.8. The van der Waals surface area contributed by atoms with E-state index in [1.54, 1.807) is 6.33 Å². The summed E-state index contributed by atoms with van der Waals surface area (Å²) in [6, 6.07) is 12.1. The Labute approximate surface area is 163 Å². The fraction of sp³-hybridized carbons (Fsp3) is 0.421. The fourth-order valence-electron chi connectivity index (χ4n) is 2.78. The van der Waals surface area contributed by atoms with Gasteiger partial charge in [0, 0.05) is 43.8 Å². The number of thioether (sulfide) groups is 2. The van der Waals surface area contributed by atoms with Gasteiger partial charge in [-0.2, -0.15) is 11.8 Å². The number of rotatable bonds is 7. The van der Waals surface area contributed by atoms with Crippen LogP contribution < -0.4 is 4.90 Å². The topological polar surface area (TPSA) is 49.3 Å². The number of hydrogen-bond acceptors (Lipinski definition) is 6. The summed E-state index contributed by atoms with van der Waals surface area (Å²) in [5.74, 6) is 3.77. The zero-order valence-corrected chi connectivity index (χ0v) is 16.6. The predicted molar refractivity (Wildman–Crippen MR) is 110 cm³/mol. The maximum atomic E-state index is 12.6. The highest BCUT2D eigenvalue weighted by atomic mass is 32.2. The minimum Gasteiger partial charge on any atom is -0.355 e. The van der Waals surface area contributed by atoms with Crippen molar-refractivity contribution < 1.29 is 4.79 Å². The van der Waals surface area contributed by atoms with Crippen LogP contribution >= 0.6 is 23.5 Å². The Morgan fingerprint density at radius 2 is 2.00 bits per heavy atom. The largest absolute Gasteiger partial charge is 0.355 e. The first kappa shape index (κ1) is 19.0. The summed E-state index contributed by atoms with van der Waals surface area (Å²) < 4.78 is 0. The molecule has 26 heavy (non-hydrogen) atoms. The van der Waals surface area contributed by atoms with Crippen LogP contribution in [0, 0.1) is 0 Å². The minimum absolute atomic E-state index is 0.135. The van der Waals surface area contributed by atoms with Crippen LogP contribution in [0.1, 0.15) is 12.5 Å². The molecule has 1 aromatic heterocycles. The molecule has 0 N–H and O–H groups in total. The van der Waals surface area contributed by atoms with E-state index in [1.807, 2.05) is 47.9 Å². The van der Waals surface area contributed by atoms with Crippen LogP contribution in [0.3, 0.4) is 0 Å². The second-order valence-electron chi connectivity index (χ2n) is 6.00. The van der Waals surface area contributed by atoms with E-state index >= 15 is 0 Å². The van der Waals surface area contributed by atoms with Crippen molar-refractivity contribution in [2.45, 2.75) is 18.5 Å². The van der Waals surface area contributed by atoms with Crippen molar-refractivity contribution in [1.29, 1.82) is 0 Å². The van der Waals surface area contributed by atoms with Crippen molar-refractivity contribution in [3.8, 4) is 0 Å². The maximum absolute atomic E-state index is 12.6. The minimum atomic E-state index is 0.135. The summed E-state index contributed by atoms with van der Waals surface area (Å²) in [5.41, 5.74) is 1.15. The Hall–Kier alpha value is -1.73. The number of hydrogen-bond donors (Lipinski definition) is 0. The van der Waals surface area contributed by atoms with Gasteiger partial charge in [0.1, 0.15) is 17.2 Å². The lowest BCUT2D eigenvalue weighted by Crippen LogP contribution is -2.33. The first-order valence-electron chi connectivity index (χ1n) is 8.85. The molecule has 1 saturated heterocycles. The van der Waals surface area contributed by atoms with E-state index in [0.717, 1.165) is 41.0 Å². The molecule has 1 aliphatic rings. The third-order valence-corrected chi connectivity index (χ3v) is 6.11. The number of carbonyl (C=O) groups excluding carboxylic acids is 1. The standard InChI is InChI=1S/C19H24N4OS2/c1-2-22(13-16-6-4-3-5-7-16)19(24)14-26-18-12-17(20-15-21-18)23-8-10-25-11-9-23/h3-7,12,15H,2,8-11,13-14H2,1H3. The summed E-state index contributed by atoms with van der Waals surface area (Å²) in [5, 5.41) is 0.859. The molecule has 3 rings (SSSR count). The van der Waals surface area contributed by atoms with Gasteiger partial charge in [-0.1, -0.05) is 42.1 Å². The monoisotopic (exact) mass is 388 g/mol. The highest BCUT2D eigenvalue weighted by molar-refractivity contribution is 8.00. The molecule has 5 nitrogen and oxygen atoms in total. The molecule has 0 spiro atoms. The maximum Gasteiger partial charge on any atom is 0.233 e. The van der Waals surface area contributed by atoms with Crippen molar-refractivity contribution in [2.75, 3.05) is 41.8 Å². The molecule has 138 valence electrons. The van der Waals surface area contributed by atoms with Gasteiger partial charge in [-0.05, 0) is 12.5 Å². The van der Waals surface area contributed by atoms with E-state index in [0.29, 0.717) is 18.8 Å². The van der Waals surface area contributed by atoms with Gasteiger partial charge in [-0.3, -0.25) is 4.79 Å². The molecule has 1 aliphatic heterocycles. The number of nitrogens with zero attached hydrogens (tertiary/aromatic N) is 4. The van der Waals surface area contributed by atoms with E-state index < -0.39 is 0 Å². The molecular weight excluding hydrogens is 364 g/mol. The van der Waals surface area contributed by atoms with E-state index in [9.17, 15) is 4.79 Å².